The highest BCUT2D eigenvalue weighted by atomic mass is 32.2. The first-order valence-corrected chi connectivity index (χ1v) is 11.9. The standard InChI is InChI=1S/C23H27NO6S/c25-22(29-17-18-30-23(26)20-7-3-1-4-8-20)14-11-19-9-12-21(13-10-19)31(27,28)24-15-5-2-6-16-24/h1,3-4,7-10,12-13H,2,5-6,11,14-18H2. The minimum atomic E-state index is -3.45. The van der Waals surface area contributed by atoms with Gasteiger partial charge in [0.25, 0.3) is 0 Å². The third-order valence-electron chi connectivity index (χ3n) is 5.08. The minimum absolute atomic E-state index is 0.00950. The number of rotatable bonds is 9. The fourth-order valence-corrected chi connectivity index (χ4v) is 4.87. The van der Waals surface area contributed by atoms with Crippen molar-refractivity contribution in [3.8, 4) is 0 Å². The number of hydrogen-bond acceptors (Lipinski definition) is 6. The van der Waals surface area contributed by atoms with Gasteiger partial charge in [0.05, 0.1) is 10.5 Å². The molecule has 0 N–H and O–H groups in total. The number of aryl methyl sites for hydroxylation is 1. The Morgan fingerprint density at radius 1 is 0.839 bits per heavy atom. The van der Waals surface area contributed by atoms with Crippen molar-refractivity contribution in [3.05, 3.63) is 65.7 Å². The van der Waals surface area contributed by atoms with E-state index in [9.17, 15) is 18.0 Å². The lowest BCUT2D eigenvalue weighted by molar-refractivity contribution is -0.144. The third kappa shape index (κ3) is 6.63. The van der Waals surface area contributed by atoms with Crippen LogP contribution in [0.4, 0.5) is 0 Å². The molecule has 0 unspecified atom stereocenters. The number of nitrogens with zero attached hydrogens (tertiary/aromatic N) is 1. The van der Waals surface area contributed by atoms with Crippen LogP contribution in [0.15, 0.2) is 59.5 Å². The summed E-state index contributed by atoms with van der Waals surface area (Å²) in [7, 11) is -3.45. The highest BCUT2D eigenvalue weighted by molar-refractivity contribution is 7.89. The van der Waals surface area contributed by atoms with Crippen LogP contribution in [0.1, 0.15) is 41.6 Å². The van der Waals surface area contributed by atoms with Crippen LogP contribution in [-0.4, -0.2) is 51.0 Å². The van der Waals surface area contributed by atoms with Gasteiger partial charge in [-0.2, -0.15) is 4.31 Å². The van der Waals surface area contributed by atoms with E-state index in [1.54, 1.807) is 54.6 Å². The summed E-state index contributed by atoms with van der Waals surface area (Å²) in [4.78, 5) is 24.0. The lowest BCUT2D eigenvalue weighted by Gasteiger charge is -2.25. The number of ether oxygens (including phenoxy) is 2. The Bertz CT molecular complexity index is 967. The third-order valence-corrected chi connectivity index (χ3v) is 7.00. The first-order valence-electron chi connectivity index (χ1n) is 10.4. The van der Waals surface area contributed by atoms with Gasteiger partial charge in [0.2, 0.25) is 10.0 Å². The maximum Gasteiger partial charge on any atom is 0.338 e. The number of benzene rings is 2. The van der Waals surface area contributed by atoms with Gasteiger partial charge in [-0.05, 0) is 49.1 Å². The van der Waals surface area contributed by atoms with Gasteiger partial charge < -0.3 is 9.47 Å². The Balaban J connectivity index is 1.38. The van der Waals surface area contributed by atoms with Crippen molar-refractivity contribution < 1.29 is 27.5 Å². The summed E-state index contributed by atoms with van der Waals surface area (Å²) in [5.74, 6) is -0.864. The van der Waals surface area contributed by atoms with Crippen molar-refractivity contribution in [2.24, 2.45) is 0 Å². The molecule has 166 valence electrons. The zero-order valence-electron chi connectivity index (χ0n) is 17.4. The second-order valence-corrected chi connectivity index (χ2v) is 9.27. The Labute approximate surface area is 183 Å². The van der Waals surface area contributed by atoms with Gasteiger partial charge in [0, 0.05) is 19.5 Å². The molecule has 1 heterocycles. The molecule has 0 saturated carbocycles. The Kier molecular flexibility index (Phi) is 8.20. The van der Waals surface area contributed by atoms with Crippen LogP contribution in [0.25, 0.3) is 0 Å². The molecular weight excluding hydrogens is 418 g/mol. The molecular formula is C23H27NO6S. The van der Waals surface area contributed by atoms with Gasteiger partial charge in [-0.25, -0.2) is 13.2 Å². The van der Waals surface area contributed by atoms with E-state index >= 15 is 0 Å². The van der Waals surface area contributed by atoms with Gasteiger partial charge in [0.15, 0.2) is 0 Å². The molecule has 31 heavy (non-hydrogen) atoms. The van der Waals surface area contributed by atoms with Gasteiger partial charge >= 0.3 is 11.9 Å². The summed E-state index contributed by atoms with van der Waals surface area (Å²) in [5, 5.41) is 0. The first-order chi connectivity index (χ1) is 15.0. The van der Waals surface area contributed by atoms with Crippen molar-refractivity contribution in [2.45, 2.75) is 37.0 Å². The predicted molar refractivity (Wildman–Crippen MR) is 115 cm³/mol. The van der Waals surface area contributed by atoms with Gasteiger partial charge in [0.1, 0.15) is 13.2 Å². The maximum atomic E-state index is 12.7. The molecule has 2 aromatic carbocycles. The molecule has 0 aliphatic carbocycles. The minimum Gasteiger partial charge on any atom is -0.462 e. The van der Waals surface area contributed by atoms with Crippen LogP contribution >= 0.6 is 0 Å². The number of piperidine rings is 1. The molecule has 7 nitrogen and oxygen atoms in total. The summed E-state index contributed by atoms with van der Waals surface area (Å²) in [5.41, 5.74) is 1.30. The highest BCUT2D eigenvalue weighted by Crippen LogP contribution is 2.21. The smallest absolute Gasteiger partial charge is 0.338 e. The Morgan fingerprint density at radius 2 is 1.48 bits per heavy atom. The topological polar surface area (TPSA) is 90.0 Å². The number of sulfonamides is 1. The summed E-state index contributed by atoms with van der Waals surface area (Å²) in [6.45, 7) is 1.11. The average Bonchev–Trinajstić information content (AvgIpc) is 2.81. The highest BCUT2D eigenvalue weighted by Gasteiger charge is 2.25. The molecule has 0 aromatic heterocycles. The van der Waals surface area contributed by atoms with E-state index in [1.807, 2.05) is 0 Å². The molecule has 2 aromatic rings. The molecule has 1 saturated heterocycles. The van der Waals surface area contributed by atoms with Gasteiger partial charge in [-0.1, -0.05) is 36.8 Å². The van der Waals surface area contributed by atoms with Crippen molar-refractivity contribution in [2.75, 3.05) is 26.3 Å². The van der Waals surface area contributed by atoms with E-state index in [0.717, 1.165) is 24.8 Å². The molecule has 0 radical (unpaired) electrons. The molecule has 0 atom stereocenters. The van der Waals surface area contributed by atoms with Crippen LogP contribution in [-0.2, 0) is 30.7 Å². The van der Waals surface area contributed by atoms with Crippen LogP contribution in [0.2, 0.25) is 0 Å². The fraction of sp³-hybridized carbons (Fsp3) is 0.391. The lowest BCUT2D eigenvalue weighted by atomic mass is 10.1. The zero-order valence-corrected chi connectivity index (χ0v) is 18.2. The number of hydrogen-bond donors (Lipinski definition) is 0. The number of carbonyl (C=O) groups is 2. The first kappa shape index (κ1) is 23.0. The lowest BCUT2D eigenvalue weighted by Crippen LogP contribution is -2.35. The molecule has 0 bridgehead atoms. The molecule has 3 rings (SSSR count). The summed E-state index contributed by atoms with van der Waals surface area (Å²) < 4.78 is 37.0. The Hall–Kier alpha value is -2.71. The van der Waals surface area contributed by atoms with Crippen molar-refractivity contribution in [3.63, 3.8) is 0 Å². The Morgan fingerprint density at radius 3 is 2.16 bits per heavy atom. The molecule has 1 fully saturated rings. The van der Waals surface area contributed by atoms with E-state index in [2.05, 4.69) is 0 Å². The molecule has 0 spiro atoms. The zero-order chi connectivity index (χ0) is 22.1. The maximum absolute atomic E-state index is 12.7. The summed E-state index contributed by atoms with van der Waals surface area (Å²) in [6.07, 6.45) is 3.45. The van der Waals surface area contributed by atoms with E-state index in [4.69, 9.17) is 9.47 Å². The van der Waals surface area contributed by atoms with Crippen molar-refractivity contribution in [1.29, 1.82) is 0 Å². The van der Waals surface area contributed by atoms with Gasteiger partial charge in [-0.15, -0.1) is 0 Å². The van der Waals surface area contributed by atoms with Crippen LogP contribution < -0.4 is 0 Å². The predicted octanol–water partition coefficient (Wildman–Crippen LogP) is 3.19. The van der Waals surface area contributed by atoms with Crippen LogP contribution in [0, 0.1) is 0 Å². The molecule has 8 heteroatoms. The fourth-order valence-electron chi connectivity index (χ4n) is 3.35. The summed E-state index contributed by atoms with van der Waals surface area (Å²) in [6, 6.07) is 15.2. The molecule has 1 aliphatic heterocycles. The van der Waals surface area contributed by atoms with E-state index in [-0.39, 0.29) is 24.5 Å². The van der Waals surface area contributed by atoms with Crippen molar-refractivity contribution in [1.82, 2.24) is 4.31 Å². The average molecular weight is 446 g/mol. The largest absolute Gasteiger partial charge is 0.462 e. The molecule has 0 amide bonds. The van der Waals surface area contributed by atoms with Crippen LogP contribution in [0.3, 0.4) is 0 Å². The van der Waals surface area contributed by atoms with Crippen molar-refractivity contribution >= 4 is 22.0 Å². The summed E-state index contributed by atoms with van der Waals surface area (Å²) >= 11 is 0. The van der Waals surface area contributed by atoms with Crippen LogP contribution in [0.5, 0.6) is 0 Å². The molecule has 1 aliphatic rings. The van der Waals surface area contributed by atoms with E-state index in [0.29, 0.717) is 25.1 Å². The van der Waals surface area contributed by atoms with E-state index < -0.39 is 22.0 Å². The second-order valence-electron chi connectivity index (χ2n) is 7.33. The van der Waals surface area contributed by atoms with Gasteiger partial charge in [-0.3, -0.25) is 4.79 Å². The quantitative estimate of drug-likeness (QED) is 0.435. The number of carbonyl (C=O) groups excluding carboxylic acids is 2. The second kappa shape index (κ2) is 11.1. The monoisotopic (exact) mass is 445 g/mol. The normalized spacial score (nSPS) is 14.7. The van der Waals surface area contributed by atoms with E-state index in [1.165, 1.54) is 4.31 Å². The number of esters is 2. The SMILES string of the molecule is O=C(CCc1ccc(S(=O)(=O)N2CCCCC2)cc1)OCCOC(=O)c1ccccc1.